The van der Waals surface area contributed by atoms with Gasteiger partial charge in [0.2, 0.25) is 0 Å². The summed E-state index contributed by atoms with van der Waals surface area (Å²) in [5.74, 6) is 0. The fourth-order valence-electron chi connectivity index (χ4n) is 0.615. The molecule has 1 atom stereocenters. The molecule has 0 aromatic heterocycles. The molecule has 80 valence electrons. The zero-order valence-electron chi connectivity index (χ0n) is 8.48. The Kier molecular flexibility index (Phi) is 7.74. The number of nitrogens with one attached hydrogen (secondary N) is 1. The van der Waals surface area contributed by atoms with Gasteiger partial charge in [-0.15, -0.1) is 0 Å². The predicted molar refractivity (Wildman–Crippen MR) is 64.0 cm³/mol. The molecule has 0 aliphatic carbocycles. The summed E-state index contributed by atoms with van der Waals surface area (Å²) in [6.45, 7) is 5.36. The topological polar surface area (TPSA) is 49.3 Å². The van der Waals surface area contributed by atoms with Crippen molar-refractivity contribution in [3.05, 3.63) is 23.1 Å². The van der Waals surface area contributed by atoms with Crippen LogP contribution in [0.5, 0.6) is 0 Å². The van der Waals surface area contributed by atoms with E-state index in [-0.39, 0.29) is 5.24 Å². The first-order valence-electron chi connectivity index (χ1n) is 4.20. The van der Waals surface area contributed by atoms with E-state index in [1.165, 1.54) is 0 Å². The maximum atomic E-state index is 11.2. The molecule has 0 rings (SSSR count). The van der Waals surface area contributed by atoms with Gasteiger partial charge in [0, 0.05) is 4.91 Å². The van der Waals surface area contributed by atoms with Crippen LogP contribution in [-0.4, -0.2) is 15.8 Å². The molecular weight excluding hydrogens is 218 g/mol. The van der Waals surface area contributed by atoms with Gasteiger partial charge in [-0.05, 0) is 44.5 Å². The SMILES string of the molecule is C/C=C\C(=C/C)SC(=O)NSC(C)O. The first-order valence-corrected chi connectivity index (χ1v) is 5.90. The van der Waals surface area contributed by atoms with Crippen LogP contribution < -0.4 is 4.72 Å². The summed E-state index contributed by atoms with van der Waals surface area (Å²) >= 11 is 2.10. The average molecular weight is 233 g/mol. The molecule has 0 aromatic rings. The maximum Gasteiger partial charge on any atom is 0.293 e. The van der Waals surface area contributed by atoms with E-state index in [4.69, 9.17) is 5.11 Å². The third-order valence-corrected chi connectivity index (χ3v) is 2.81. The minimum atomic E-state index is -0.588. The van der Waals surface area contributed by atoms with Crippen LogP contribution in [0.25, 0.3) is 0 Å². The molecule has 0 fully saturated rings. The number of hydrogen-bond acceptors (Lipinski definition) is 4. The van der Waals surface area contributed by atoms with Crippen molar-refractivity contribution in [2.24, 2.45) is 0 Å². The number of aliphatic hydroxyl groups excluding tert-OH is 1. The zero-order chi connectivity index (χ0) is 11.0. The van der Waals surface area contributed by atoms with Crippen molar-refractivity contribution in [3.63, 3.8) is 0 Å². The van der Waals surface area contributed by atoms with E-state index in [0.29, 0.717) is 0 Å². The Hall–Kier alpha value is -0.390. The highest BCUT2D eigenvalue weighted by Gasteiger charge is 2.05. The first kappa shape index (κ1) is 13.6. The molecule has 0 radical (unpaired) electrons. The number of hydrogen-bond donors (Lipinski definition) is 2. The van der Waals surface area contributed by atoms with Gasteiger partial charge in [0.25, 0.3) is 5.24 Å². The smallest absolute Gasteiger partial charge is 0.293 e. The monoisotopic (exact) mass is 233 g/mol. The lowest BCUT2D eigenvalue weighted by Gasteiger charge is -2.05. The summed E-state index contributed by atoms with van der Waals surface area (Å²) in [6.07, 6.45) is 5.59. The van der Waals surface area contributed by atoms with E-state index in [1.807, 2.05) is 32.1 Å². The molecule has 0 aromatic carbocycles. The zero-order valence-corrected chi connectivity index (χ0v) is 10.1. The quantitative estimate of drug-likeness (QED) is 0.445. The van der Waals surface area contributed by atoms with Crippen molar-refractivity contribution in [3.8, 4) is 0 Å². The Balaban J connectivity index is 3.92. The summed E-state index contributed by atoms with van der Waals surface area (Å²) in [7, 11) is 0. The van der Waals surface area contributed by atoms with E-state index in [9.17, 15) is 4.79 Å². The van der Waals surface area contributed by atoms with Gasteiger partial charge in [-0.1, -0.05) is 18.2 Å². The largest absolute Gasteiger partial charge is 0.381 e. The summed E-state index contributed by atoms with van der Waals surface area (Å²) in [5.41, 5.74) is -0.588. The molecule has 5 heteroatoms. The van der Waals surface area contributed by atoms with Crippen LogP contribution in [0.2, 0.25) is 0 Å². The number of carbonyl (C=O) groups excluding carboxylic acids is 1. The Morgan fingerprint density at radius 1 is 1.50 bits per heavy atom. The lowest BCUT2D eigenvalue weighted by atomic mass is 10.4. The number of amides is 1. The number of carbonyl (C=O) groups is 1. The molecular formula is C9H15NO2S2. The molecule has 1 amide bonds. The van der Waals surface area contributed by atoms with E-state index >= 15 is 0 Å². The Morgan fingerprint density at radius 3 is 2.57 bits per heavy atom. The Morgan fingerprint density at radius 2 is 2.14 bits per heavy atom. The molecule has 0 saturated heterocycles. The van der Waals surface area contributed by atoms with Gasteiger partial charge < -0.3 is 5.11 Å². The minimum Gasteiger partial charge on any atom is -0.381 e. The fraction of sp³-hybridized carbons (Fsp3) is 0.444. The first-order chi connectivity index (χ1) is 6.60. The van der Waals surface area contributed by atoms with Crippen LogP contribution in [0.3, 0.4) is 0 Å². The van der Waals surface area contributed by atoms with Crippen molar-refractivity contribution < 1.29 is 9.90 Å². The Bertz CT molecular complexity index is 237. The molecule has 0 aliphatic heterocycles. The summed E-state index contributed by atoms with van der Waals surface area (Å²) < 4.78 is 2.52. The van der Waals surface area contributed by atoms with Gasteiger partial charge in [-0.2, -0.15) is 0 Å². The van der Waals surface area contributed by atoms with Gasteiger partial charge in [0.05, 0.1) is 0 Å². The molecule has 1 unspecified atom stereocenters. The normalized spacial score (nSPS) is 14.4. The standard InChI is InChI=1S/C9H15NO2S2/c1-4-6-8(5-2)13-9(12)10-14-7(3)11/h4-7,11H,1-3H3,(H,10,12)/b6-4-,8-5+. The second-order valence-electron chi connectivity index (χ2n) is 2.40. The lowest BCUT2D eigenvalue weighted by molar-refractivity contribution is 0.263. The fourth-order valence-corrected chi connectivity index (χ4v) is 1.73. The van der Waals surface area contributed by atoms with E-state index < -0.39 is 5.44 Å². The third kappa shape index (κ3) is 7.06. The number of rotatable bonds is 4. The van der Waals surface area contributed by atoms with Crippen LogP contribution >= 0.6 is 23.7 Å². The molecule has 0 spiro atoms. The number of thioether (sulfide) groups is 1. The molecule has 0 heterocycles. The van der Waals surface area contributed by atoms with Gasteiger partial charge in [-0.25, -0.2) is 0 Å². The van der Waals surface area contributed by atoms with Crippen molar-refractivity contribution in [2.75, 3.05) is 0 Å². The van der Waals surface area contributed by atoms with Crippen molar-refractivity contribution in [1.29, 1.82) is 0 Å². The van der Waals surface area contributed by atoms with Crippen molar-refractivity contribution in [1.82, 2.24) is 4.72 Å². The van der Waals surface area contributed by atoms with Crippen molar-refractivity contribution in [2.45, 2.75) is 26.2 Å². The lowest BCUT2D eigenvalue weighted by Crippen LogP contribution is -2.13. The van der Waals surface area contributed by atoms with Crippen molar-refractivity contribution >= 4 is 28.9 Å². The second kappa shape index (κ2) is 7.96. The van der Waals surface area contributed by atoms with Crippen LogP contribution in [-0.2, 0) is 0 Å². The highest BCUT2D eigenvalue weighted by atomic mass is 32.2. The van der Waals surface area contributed by atoms with E-state index in [2.05, 4.69) is 4.72 Å². The number of aliphatic hydroxyl groups is 1. The van der Waals surface area contributed by atoms with E-state index in [1.54, 1.807) is 6.92 Å². The molecule has 0 aliphatic rings. The van der Waals surface area contributed by atoms with Crippen LogP contribution in [0.15, 0.2) is 23.1 Å². The maximum absolute atomic E-state index is 11.2. The highest BCUT2D eigenvalue weighted by Crippen LogP contribution is 2.19. The molecule has 3 nitrogen and oxygen atoms in total. The number of allylic oxidation sites excluding steroid dienone is 3. The summed E-state index contributed by atoms with van der Waals surface area (Å²) in [5, 5.41) is 8.73. The minimum absolute atomic E-state index is 0.179. The van der Waals surface area contributed by atoms with Crippen LogP contribution in [0.4, 0.5) is 4.79 Å². The second-order valence-corrected chi connectivity index (χ2v) is 4.57. The van der Waals surface area contributed by atoms with Gasteiger partial charge in [0.1, 0.15) is 5.44 Å². The van der Waals surface area contributed by atoms with Crippen LogP contribution in [0.1, 0.15) is 20.8 Å². The molecule has 14 heavy (non-hydrogen) atoms. The third-order valence-electron chi connectivity index (χ3n) is 1.14. The molecule has 2 N–H and O–H groups in total. The van der Waals surface area contributed by atoms with Crippen LogP contribution in [0, 0.1) is 0 Å². The average Bonchev–Trinajstić information content (AvgIpc) is 2.14. The van der Waals surface area contributed by atoms with E-state index in [0.717, 1.165) is 28.6 Å². The predicted octanol–water partition coefficient (Wildman–Crippen LogP) is 2.90. The molecule has 0 saturated carbocycles. The summed E-state index contributed by atoms with van der Waals surface area (Å²) in [6, 6.07) is 0. The highest BCUT2D eigenvalue weighted by molar-refractivity contribution is 8.18. The van der Waals surface area contributed by atoms with Gasteiger partial charge in [-0.3, -0.25) is 9.52 Å². The van der Waals surface area contributed by atoms with Gasteiger partial charge in [0.15, 0.2) is 0 Å². The molecule has 0 bridgehead atoms. The van der Waals surface area contributed by atoms with Gasteiger partial charge >= 0.3 is 0 Å². The Labute approximate surface area is 93.2 Å². The summed E-state index contributed by atoms with van der Waals surface area (Å²) in [4.78, 5) is 12.1.